The molecule has 3 N–H and O–H groups in total. The van der Waals surface area contributed by atoms with Crippen molar-refractivity contribution in [1.82, 2.24) is 5.32 Å². The monoisotopic (exact) mass is 300 g/mol. The molecule has 0 saturated heterocycles. The quantitative estimate of drug-likeness (QED) is 0.676. The summed E-state index contributed by atoms with van der Waals surface area (Å²) in [4.78, 5) is 22.6. The van der Waals surface area contributed by atoms with E-state index in [1.807, 2.05) is 13.8 Å². The Kier molecular flexibility index (Phi) is 6.23. The molecule has 0 saturated carbocycles. The highest BCUT2D eigenvalue weighted by molar-refractivity contribution is 6.00. The van der Waals surface area contributed by atoms with Crippen LogP contribution in [0.1, 0.15) is 37.0 Å². The Bertz CT molecular complexity index is 533. The third-order valence-electron chi connectivity index (χ3n) is 2.70. The molecule has 0 radical (unpaired) electrons. The average molecular weight is 300 g/mol. The minimum absolute atomic E-state index is 0.151. The van der Waals surface area contributed by atoms with Crippen LogP contribution in [0, 0.1) is 11.6 Å². The van der Waals surface area contributed by atoms with E-state index in [1.54, 1.807) is 0 Å². The van der Waals surface area contributed by atoms with E-state index in [-0.39, 0.29) is 12.1 Å². The van der Waals surface area contributed by atoms with Gasteiger partial charge < -0.3 is 15.7 Å². The number of carbonyl (C=O) groups excluding carboxylic acids is 1. The zero-order valence-corrected chi connectivity index (χ0v) is 11.9. The van der Waals surface area contributed by atoms with Crippen molar-refractivity contribution in [2.45, 2.75) is 32.7 Å². The van der Waals surface area contributed by atoms with E-state index in [2.05, 4.69) is 10.6 Å². The van der Waals surface area contributed by atoms with E-state index in [4.69, 9.17) is 5.11 Å². The van der Waals surface area contributed by atoms with E-state index in [9.17, 15) is 18.4 Å². The number of hydrogen-bond acceptors (Lipinski definition) is 3. The normalized spacial score (nSPS) is 10.7. The van der Waals surface area contributed by atoms with Crippen LogP contribution >= 0.6 is 0 Å². The van der Waals surface area contributed by atoms with Gasteiger partial charge >= 0.3 is 5.97 Å². The molecule has 0 fully saturated rings. The smallest absolute Gasteiger partial charge is 0.337 e. The van der Waals surface area contributed by atoms with Gasteiger partial charge in [0.05, 0.1) is 11.3 Å². The van der Waals surface area contributed by atoms with Gasteiger partial charge in [0.1, 0.15) is 0 Å². The number of benzene rings is 1. The molecule has 7 heteroatoms. The Balaban J connectivity index is 2.67. The molecule has 0 aromatic heterocycles. The second kappa shape index (κ2) is 7.68. The second-order valence-corrected chi connectivity index (χ2v) is 4.88. The fourth-order valence-electron chi connectivity index (χ4n) is 1.68. The predicted molar refractivity (Wildman–Crippen MR) is 74.3 cm³/mol. The van der Waals surface area contributed by atoms with Crippen molar-refractivity contribution in [3.8, 4) is 0 Å². The van der Waals surface area contributed by atoms with Crippen molar-refractivity contribution in [2.24, 2.45) is 0 Å². The third-order valence-corrected chi connectivity index (χ3v) is 2.70. The first-order chi connectivity index (χ1) is 9.81. The van der Waals surface area contributed by atoms with Gasteiger partial charge in [0.25, 0.3) is 0 Å². The lowest BCUT2D eigenvalue weighted by atomic mass is 10.1. The molecule has 1 aromatic carbocycles. The van der Waals surface area contributed by atoms with Gasteiger partial charge in [-0.15, -0.1) is 0 Å². The van der Waals surface area contributed by atoms with Crippen molar-refractivity contribution >= 4 is 17.6 Å². The predicted octanol–water partition coefficient (Wildman–Crippen LogP) is 2.38. The van der Waals surface area contributed by atoms with Gasteiger partial charge in [0, 0.05) is 18.5 Å². The topological polar surface area (TPSA) is 78.4 Å². The molecule has 0 bridgehead atoms. The Labute approximate surface area is 121 Å². The van der Waals surface area contributed by atoms with Crippen molar-refractivity contribution in [3.05, 3.63) is 29.3 Å². The van der Waals surface area contributed by atoms with Gasteiger partial charge in [-0.3, -0.25) is 4.79 Å². The summed E-state index contributed by atoms with van der Waals surface area (Å²) < 4.78 is 26.2. The maximum absolute atomic E-state index is 13.1. The summed E-state index contributed by atoms with van der Waals surface area (Å²) in [6.07, 6.45) is 0.702. The van der Waals surface area contributed by atoms with Crippen LogP contribution in [0.3, 0.4) is 0 Å². The van der Waals surface area contributed by atoms with Gasteiger partial charge in [-0.05, 0) is 19.0 Å². The van der Waals surface area contributed by atoms with Gasteiger partial charge in [-0.25, -0.2) is 13.6 Å². The molecule has 0 unspecified atom stereocenters. The molecule has 0 aliphatic heterocycles. The number of carboxylic acids is 1. The van der Waals surface area contributed by atoms with E-state index < -0.39 is 29.1 Å². The van der Waals surface area contributed by atoms with Gasteiger partial charge in [-0.1, -0.05) is 13.8 Å². The lowest BCUT2D eigenvalue weighted by Gasteiger charge is -2.10. The Morgan fingerprint density at radius 1 is 1.24 bits per heavy atom. The highest BCUT2D eigenvalue weighted by Gasteiger charge is 2.16. The van der Waals surface area contributed by atoms with Crippen molar-refractivity contribution in [1.29, 1.82) is 0 Å². The number of hydrogen-bond donors (Lipinski definition) is 3. The highest BCUT2D eigenvalue weighted by atomic mass is 19.2. The van der Waals surface area contributed by atoms with Crippen LogP contribution in [0.15, 0.2) is 12.1 Å². The van der Waals surface area contributed by atoms with Crippen LogP contribution in [0.2, 0.25) is 0 Å². The second-order valence-electron chi connectivity index (χ2n) is 4.88. The molecule has 1 rings (SSSR count). The number of halogens is 2. The van der Waals surface area contributed by atoms with Crippen LogP contribution in [0.5, 0.6) is 0 Å². The molecule has 0 aliphatic carbocycles. The first kappa shape index (κ1) is 17.0. The molecule has 0 heterocycles. The molecular formula is C14H18F2N2O3. The summed E-state index contributed by atoms with van der Waals surface area (Å²) in [5.74, 6) is -4.37. The minimum Gasteiger partial charge on any atom is -0.478 e. The molecule has 0 spiro atoms. The van der Waals surface area contributed by atoms with Gasteiger partial charge in [0.15, 0.2) is 11.6 Å². The third kappa shape index (κ3) is 5.47. The fraction of sp³-hybridized carbons (Fsp3) is 0.429. The van der Waals surface area contributed by atoms with Crippen LogP contribution in [0.4, 0.5) is 14.5 Å². The molecule has 21 heavy (non-hydrogen) atoms. The summed E-state index contributed by atoms with van der Waals surface area (Å²) in [5.41, 5.74) is -0.731. The Morgan fingerprint density at radius 3 is 2.43 bits per heavy atom. The van der Waals surface area contributed by atoms with E-state index >= 15 is 0 Å². The van der Waals surface area contributed by atoms with Crippen molar-refractivity contribution in [2.75, 3.05) is 11.9 Å². The van der Waals surface area contributed by atoms with Crippen LogP contribution in [-0.2, 0) is 4.79 Å². The Hall–Kier alpha value is -2.02. The summed E-state index contributed by atoms with van der Waals surface area (Å²) in [5, 5.41) is 14.3. The van der Waals surface area contributed by atoms with Crippen LogP contribution in [0.25, 0.3) is 0 Å². The molecule has 0 atom stereocenters. The average Bonchev–Trinajstić information content (AvgIpc) is 2.38. The summed E-state index contributed by atoms with van der Waals surface area (Å²) in [6, 6.07) is 1.52. The SMILES string of the molecule is CC(C)NCCCC(=O)Nc1cc(F)c(F)cc1C(=O)O. The summed E-state index contributed by atoms with van der Waals surface area (Å²) in [7, 11) is 0. The number of aromatic carboxylic acids is 1. The first-order valence-corrected chi connectivity index (χ1v) is 6.57. The van der Waals surface area contributed by atoms with Crippen molar-refractivity contribution in [3.63, 3.8) is 0 Å². The maximum Gasteiger partial charge on any atom is 0.337 e. The number of amides is 1. The maximum atomic E-state index is 13.1. The molecular weight excluding hydrogens is 282 g/mol. The lowest BCUT2D eigenvalue weighted by molar-refractivity contribution is -0.116. The molecule has 116 valence electrons. The van der Waals surface area contributed by atoms with E-state index in [0.29, 0.717) is 31.1 Å². The zero-order chi connectivity index (χ0) is 16.0. The first-order valence-electron chi connectivity index (χ1n) is 6.57. The fourth-order valence-corrected chi connectivity index (χ4v) is 1.68. The zero-order valence-electron chi connectivity index (χ0n) is 11.9. The number of anilines is 1. The molecule has 1 amide bonds. The van der Waals surface area contributed by atoms with E-state index in [1.165, 1.54) is 0 Å². The molecule has 1 aromatic rings. The van der Waals surface area contributed by atoms with Gasteiger partial charge in [0.2, 0.25) is 5.91 Å². The minimum atomic E-state index is -1.44. The van der Waals surface area contributed by atoms with Crippen molar-refractivity contribution < 1.29 is 23.5 Å². The summed E-state index contributed by atoms with van der Waals surface area (Å²) >= 11 is 0. The molecule has 5 nitrogen and oxygen atoms in total. The highest BCUT2D eigenvalue weighted by Crippen LogP contribution is 2.20. The van der Waals surface area contributed by atoms with Gasteiger partial charge in [-0.2, -0.15) is 0 Å². The summed E-state index contributed by atoms with van der Waals surface area (Å²) in [6.45, 7) is 4.58. The Morgan fingerprint density at radius 2 is 1.86 bits per heavy atom. The largest absolute Gasteiger partial charge is 0.478 e. The van der Waals surface area contributed by atoms with E-state index in [0.717, 1.165) is 0 Å². The standard InChI is InChI=1S/C14H18F2N2O3/c1-8(2)17-5-3-4-13(19)18-12-7-11(16)10(15)6-9(12)14(20)21/h6-8,17H,3-5H2,1-2H3,(H,18,19)(H,20,21). The number of carbonyl (C=O) groups is 2. The lowest BCUT2D eigenvalue weighted by Crippen LogP contribution is -2.25. The number of nitrogens with one attached hydrogen (secondary N) is 2. The van der Waals surface area contributed by atoms with Crippen LogP contribution < -0.4 is 10.6 Å². The molecule has 0 aliphatic rings. The van der Waals surface area contributed by atoms with Crippen LogP contribution in [-0.4, -0.2) is 29.6 Å². The number of carboxylic acid groups (broad SMARTS) is 1. The number of rotatable bonds is 7.